The fourth-order valence-electron chi connectivity index (χ4n) is 5.48. The van der Waals surface area contributed by atoms with Gasteiger partial charge in [0.05, 0.1) is 6.10 Å². The summed E-state index contributed by atoms with van der Waals surface area (Å²) in [5, 5.41) is 2.54. The van der Waals surface area contributed by atoms with Crippen LogP contribution in [0.25, 0.3) is 10.8 Å². The average Bonchev–Trinajstić information content (AvgIpc) is 2.85. The van der Waals surface area contributed by atoms with Gasteiger partial charge in [-0.3, -0.25) is 9.89 Å². The number of benzene rings is 2. The second kappa shape index (κ2) is 11.4. The predicted molar refractivity (Wildman–Crippen MR) is 149 cm³/mol. The van der Waals surface area contributed by atoms with Crippen molar-refractivity contribution in [1.82, 2.24) is 9.80 Å². The topological polar surface area (TPSA) is 40.4 Å². The molecule has 1 heterocycles. The van der Waals surface area contributed by atoms with E-state index < -0.39 is 0 Å². The van der Waals surface area contributed by atoms with Crippen LogP contribution in [0, 0.1) is 11.3 Å². The molecule has 35 heavy (non-hydrogen) atoms. The Hall–Kier alpha value is -2.66. The quantitative estimate of drug-likeness (QED) is 0.450. The highest BCUT2D eigenvalue weighted by molar-refractivity contribution is 5.84. The third kappa shape index (κ3) is 6.72. The van der Waals surface area contributed by atoms with E-state index >= 15 is 0 Å². The van der Waals surface area contributed by atoms with Crippen LogP contribution in [-0.4, -0.2) is 62.1 Å². The van der Waals surface area contributed by atoms with Crippen LogP contribution in [-0.2, 0) is 6.54 Å². The summed E-state index contributed by atoms with van der Waals surface area (Å²) in [7, 11) is 1.77. The van der Waals surface area contributed by atoms with E-state index in [0.29, 0.717) is 11.5 Å². The molecule has 0 bridgehead atoms. The zero-order chi connectivity index (χ0) is 24.8. The molecule has 2 fully saturated rings. The van der Waals surface area contributed by atoms with Gasteiger partial charge in [0.15, 0.2) is 0 Å². The summed E-state index contributed by atoms with van der Waals surface area (Å²) < 4.78 is 6.40. The predicted octanol–water partition coefficient (Wildman–Crippen LogP) is 6.18. The highest BCUT2D eigenvalue weighted by Gasteiger charge is 2.30. The van der Waals surface area contributed by atoms with Gasteiger partial charge in [-0.25, -0.2) is 4.99 Å². The van der Waals surface area contributed by atoms with Crippen LogP contribution in [0.3, 0.4) is 0 Å². The van der Waals surface area contributed by atoms with E-state index in [0.717, 1.165) is 50.2 Å². The van der Waals surface area contributed by atoms with Gasteiger partial charge in [0.2, 0.25) is 0 Å². The van der Waals surface area contributed by atoms with Crippen LogP contribution in [0.15, 0.2) is 58.3 Å². The molecule has 2 aromatic rings. The Morgan fingerprint density at radius 2 is 1.69 bits per heavy atom. The van der Waals surface area contributed by atoms with E-state index in [1.165, 1.54) is 42.0 Å². The molecule has 0 spiro atoms. The third-order valence-electron chi connectivity index (χ3n) is 7.71. The number of piperazine rings is 1. The van der Waals surface area contributed by atoms with Crippen molar-refractivity contribution < 1.29 is 4.74 Å². The van der Waals surface area contributed by atoms with Crippen molar-refractivity contribution in [1.29, 1.82) is 0 Å². The number of hydrogen-bond donors (Lipinski definition) is 0. The van der Waals surface area contributed by atoms with E-state index in [4.69, 9.17) is 4.74 Å². The minimum atomic E-state index is 0.352. The van der Waals surface area contributed by atoms with Gasteiger partial charge >= 0.3 is 0 Å². The van der Waals surface area contributed by atoms with Gasteiger partial charge < -0.3 is 9.64 Å². The molecule has 2 aliphatic rings. The van der Waals surface area contributed by atoms with Gasteiger partial charge in [-0.05, 0) is 84.3 Å². The SMILES string of the molecule is C=N/C(=C\C=N/C)N1CCN(Cc2ccc3cc(O[C@H]4CC[C@H](C(C)(C)C)CC4)ccc3c2)CC1. The summed E-state index contributed by atoms with van der Waals surface area (Å²) in [5.41, 5.74) is 1.77. The van der Waals surface area contributed by atoms with E-state index in [1.807, 2.05) is 6.08 Å². The van der Waals surface area contributed by atoms with Gasteiger partial charge in [-0.2, -0.15) is 0 Å². The van der Waals surface area contributed by atoms with Gasteiger partial charge in [0.1, 0.15) is 11.6 Å². The first kappa shape index (κ1) is 25.4. The number of allylic oxidation sites excluding steroid dienone is 1. The minimum Gasteiger partial charge on any atom is -0.490 e. The molecule has 1 aliphatic heterocycles. The molecule has 0 aromatic heterocycles. The van der Waals surface area contributed by atoms with Crippen molar-refractivity contribution in [3.63, 3.8) is 0 Å². The van der Waals surface area contributed by atoms with E-state index in [2.05, 4.69) is 83.7 Å². The summed E-state index contributed by atoms with van der Waals surface area (Å²) in [4.78, 5) is 13.0. The first-order chi connectivity index (χ1) is 16.9. The van der Waals surface area contributed by atoms with Crippen LogP contribution in [0.2, 0.25) is 0 Å². The zero-order valence-electron chi connectivity index (χ0n) is 22.0. The number of rotatable bonds is 7. The van der Waals surface area contributed by atoms with Crippen molar-refractivity contribution in [2.75, 3.05) is 33.2 Å². The van der Waals surface area contributed by atoms with Crippen LogP contribution in [0.5, 0.6) is 5.75 Å². The average molecular weight is 475 g/mol. The largest absolute Gasteiger partial charge is 0.490 e. The molecule has 0 radical (unpaired) electrons. The minimum absolute atomic E-state index is 0.352. The maximum Gasteiger partial charge on any atom is 0.129 e. The molecule has 188 valence electrons. The lowest BCUT2D eigenvalue weighted by Gasteiger charge is -2.37. The molecular formula is C30H42N4O. The van der Waals surface area contributed by atoms with E-state index in [-0.39, 0.29) is 0 Å². The molecule has 1 aliphatic carbocycles. The second-order valence-corrected chi connectivity index (χ2v) is 11.2. The Morgan fingerprint density at radius 1 is 1.00 bits per heavy atom. The molecule has 5 heteroatoms. The molecule has 0 amide bonds. The summed E-state index contributed by atoms with van der Waals surface area (Å²) >= 11 is 0. The summed E-state index contributed by atoms with van der Waals surface area (Å²) in [6, 6.07) is 13.4. The van der Waals surface area contributed by atoms with Crippen molar-refractivity contribution in [3.05, 3.63) is 53.9 Å². The van der Waals surface area contributed by atoms with Crippen molar-refractivity contribution in [2.45, 2.75) is 59.1 Å². The second-order valence-electron chi connectivity index (χ2n) is 11.2. The standard InChI is InChI=1S/C30H42N4O/c1-30(2,3)26-9-12-27(13-10-26)35-28-11-8-24-20-23(6-7-25(24)21-28)22-33-16-18-34(19-17-33)29(32-5)14-15-31-4/h6-8,11,14-15,20-21,26-27H,5,9-10,12-13,16-19,22H2,1-4H3/b29-14+,31-15-/t26-,27-. The Kier molecular flexibility index (Phi) is 8.27. The van der Waals surface area contributed by atoms with Crippen LogP contribution >= 0.6 is 0 Å². The third-order valence-corrected chi connectivity index (χ3v) is 7.71. The molecule has 0 unspecified atom stereocenters. The highest BCUT2D eigenvalue weighted by atomic mass is 16.5. The summed E-state index contributed by atoms with van der Waals surface area (Å²) in [6.45, 7) is 15.7. The summed E-state index contributed by atoms with van der Waals surface area (Å²) in [5.74, 6) is 2.72. The normalized spacial score (nSPS) is 22.6. The molecule has 4 rings (SSSR count). The van der Waals surface area contributed by atoms with E-state index in [1.54, 1.807) is 13.3 Å². The molecule has 0 N–H and O–H groups in total. The van der Waals surface area contributed by atoms with Crippen LogP contribution in [0.1, 0.15) is 52.0 Å². The lowest BCUT2D eigenvalue weighted by Crippen LogP contribution is -2.45. The van der Waals surface area contributed by atoms with Gasteiger partial charge in [0, 0.05) is 46.0 Å². The number of aliphatic imine (C=N–C) groups is 2. The van der Waals surface area contributed by atoms with E-state index in [9.17, 15) is 0 Å². The van der Waals surface area contributed by atoms with Crippen molar-refractivity contribution in [2.24, 2.45) is 21.3 Å². The maximum atomic E-state index is 6.40. The highest BCUT2D eigenvalue weighted by Crippen LogP contribution is 2.39. The molecule has 2 aromatic carbocycles. The Labute approximate surface area is 211 Å². The zero-order valence-corrected chi connectivity index (χ0v) is 22.0. The lowest BCUT2D eigenvalue weighted by atomic mass is 9.72. The number of ether oxygens (including phenoxy) is 1. The maximum absolute atomic E-state index is 6.40. The molecule has 5 nitrogen and oxygen atoms in total. The summed E-state index contributed by atoms with van der Waals surface area (Å²) in [6.07, 6.45) is 8.93. The number of hydrogen-bond acceptors (Lipinski definition) is 5. The number of fused-ring (bicyclic) bond motifs is 1. The smallest absolute Gasteiger partial charge is 0.129 e. The first-order valence-electron chi connectivity index (χ1n) is 13.1. The molecular weight excluding hydrogens is 432 g/mol. The van der Waals surface area contributed by atoms with Gasteiger partial charge in [-0.15, -0.1) is 0 Å². The molecule has 1 saturated carbocycles. The monoisotopic (exact) mass is 474 g/mol. The Morgan fingerprint density at radius 3 is 2.34 bits per heavy atom. The lowest BCUT2D eigenvalue weighted by molar-refractivity contribution is 0.0883. The molecule has 1 saturated heterocycles. The molecule has 0 atom stereocenters. The number of nitrogens with zero attached hydrogens (tertiary/aromatic N) is 4. The van der Waals surface area contributed by atoms with Crippen molar-refractivity contribution in [3.8, 4) is 5.75 Å². The Balaban J connectivity index is 1.31. The van der Waals surface area contributed by atoms with Crippen molar-refractivity contribution >= 4 is 23.7 Å². The van der Waals surface area contributed by atoms with Crippen LogP contribution in [0.4, 0.5) is 0 Å². The Bertz CT molecular complexity index is 1050. The fourth-order valence-corrected chi connectivity index (χ4v) is 5.48. The first-order valence-corrected chi connectivity index (χ1v) is 13.1. The van der Waals surface area contributed by atoms with Gasteiger partial charge in [0.25, 0.3) is 0 Å². The van der Waals surface area contributed by atoms with Crippen LogP contribution < -0.4 is 4.74 Å². The van der Waals surface area contributed by atoms with Gasteiger partial charge in [-0.1, -0.05) is 39.0 Å². The fraction of sp³-hybridized carbons (Fsp3) is 0.533.